The lowest BCUT2D eigenvalue weighted by Crippen LogP contribution is -2.31. The SMILES string of the molecule is Cc1c(-c2c3ccc4c(-n5c6ccccc6c6ccccc65)cccc4c3cc[n+]2C)cc(C(C)(C)C)c2ccccc12. The highest BCUT2D eigenvalue weighted by Gasteiger charge is 2.25. The third-order valence-corrected chi connectivity index (χ3v) is 9.35. The zero-order chi connectivity index (χ0) is 29.5. The number of aromatic nitrogens is 2. The number of benzene rings is 6. The summed E-state index contributed by atoms with van der Waals surface area (Å²) >= 11 is 0. The molecule has 8 rings (SSSR count). The number of pyridine rings is 1. The van der Waals surface area contributed by atoms with Crippen molar-refractivity contribution in [3.05, 3.63) is 133 Å². The predicted octanol–water partition coefficient (Wildman–Crippen LogP) is 10.3. The van der Waals surface area contributed by atoms with E-state index in [4.69, 9.17) is 0 Å². The van der Waals surface area contributed by atoms with E-state index in [1.807, 2.05) is 0 Å². The van der Waals surface area contributed by atoms with Crippen LogP contribution in [0, 0.1) is 6.92 Å². The van der Waals surface area contributed by atoms with Gasteiger partial charge in [0, 0.05) is 27.6 Å². The molecule has 0 aliphatic heterocycles. The molecular weight excluding hydrogens is 520 g/mol. The Balaban J connectivity index is 1.45. The average Bonchev–Trinajstić information content (AvgIpc) is 3.35. The van der Waals surface area contributed by atoms with E-state index < -0.39 is 0 Å². The molecule has 208 valence electrons. The quantitative estimate of drug-likeness (QED) is 0.148. The summed E-state index contributed by atoms with van der Waals surface area (Å²) < 4.78 is 4.74. The lowest BCUT2D eigenvalue weighted by molar-refractivity contribution is -0.659. The molecule has 2 heterocycles. The van der Waals surface area contributed by atoms with E-state index in [0.717, 1.165) is 0 Å². The molecule has 0 aliphatic carbocycles. The molecule has 0 spiro atoms. The molecule has 2 heteroatoms. The summed E-state index contributed by atoms with van der Waals surface area (Å²) in [6.45, 7) is 9.24. The van der Waals surface area contributed by atoms with Gasteiger partial charge >= 0.3 is 0 Å². The number of aryl methyl sites for hydroxylation is 2. The Bertz CT molecular complexity index is 2350. The van der Waals surface area contributed by atoms with Gasteiger partial charge in [-0.3, -0.25) is 0 Å². The van der Waals surface area contributed by atoms with Crippen molar-refractivity contribution in [2.24, 2.45) is 7.05 Å². The van der Waals surface area contributed by atoms with E-state index in [9.17, 15) is 0 Å². The molecule has 0 saturated carbocycles. The Morgan fingerprint density at radius 1 is 0.535 bits per heavy atom. The van der Waals surface area contributed by atoms with Gasteiger partial charge in [0.15, 0.2) is 6.20 Å². The van der Waals surface area contributed by atoms with Crippen LogP contribution in [0.3, 0.4) is 0 Å². The summed E-state index contributed by atoms with van der Waals surface area (Å²) in [4.78, 5) is 0. The third-order valence-electron chi connectivity index (χ3n) is 9.35. The molecule has 6 aromatic carbocycles. The minimum atomic E-state index is 0.0229. The van der Waals surface area contributed by atoms with Crippen molar-refractivity contribution in [2.75, 3.05) is 0 Å². The van der Waals surface area contributed by atoms with Crippen LogP contribution in [0.2, 0.25) is 0 Å². The highest BCUT2D eigenvalue weighted by Crippen LogP contribution is 2.41. The maximum Gasteiger partial charge on any atom is 0.220 e. The van der Waals surface area contributed by atoms with Crippen LogP contribution in [0.1, 0.15) is 31.9 Å². The fourth-order valence-corrected chi connectivity index (χ4v) is 7.30. The first kappa shape index (κ1) is 25.7. The first-order valence-electron chi connectivity index (χ1n) is 15.2. The van der Waals surface area contributed by atoms with Crippen molar-refractivity contribution in [2.45, 2.75) is 33.1 Å². The summed E-state index contributed by atoms with van der Waals surface area (Å²) in [7, 11) is 2.18. The van der Waals surface area contributed by atoms with Gasteiger partial charge in [-0.2, -0.15) is 0 Å². The van der Waals surface area contributed by atoms with Gasteiger partial charge in [-0.05, 0) is 70.0 Å². The van der Waals surface area contributed by atoms with Crippen molar-refractivity contribution in [1.29, 1.82) is 0 Å². The highest BCUT2D eigenvalue weighted by atomic mass is 15.0. The number of hydrogen-bond donors (Lipinski definition) is 0. The molecule has 0 unspecified atom stereocenters. The third kappa shape index (κ3) is 3.76. The van der Waals surface area contributed by atoms with Crippen LogP contribution in [0.25, 0.3) is 71.1 Å². The van der Waals surface area contributed by atoms with Gasteiger partial charge in [0.25, 0.3) is 0 Å². The van der Waals surface area contributed by atoms with Crippen LogP contribution < -0.4 is 4.57 Å². The van der Waals surface area contributed by atoms with Gasteiger partial charge in [-0.15, -0.1) is 0 Å². The lowest BCUT2D eigenvalue weighted by Gasteiger charge is -2.24. The van der Waals surface area contributed by atoms with Crippen LogP contribution in [-0.4, -0.2) is 4.57 Å². The fourth-order valence-electron chi connectivity index (χ4n) is 7.30. The zero-order valence-electron chi connectivity index (χ0n) is 25.4. The highest BCUT2D eigenvalue weighted by molar-refractivity contribution is 6.15. The molecule has 2 nitrogen and oxygen atoms in total. The van der Waals surface area contributed by atoms with E-state index in [1.54, 1.807) is 0 Å². The second-order valence-corrected chi connectivity index (χ2v) is 12.9. The van der Waals surface area contributed by atoms with E-state index in [-0.39, 0.29) is 5.41 Å². The average molecular weight is 556 g/mol. The van der Waals surface area contributed by atoms with E-state index in [2.05, 4.69) is 165 Å². The number of nitrogens with zero attached hydrogens (tertiary/aromatic N) is 2. The van der Waals surface area contributed by atoms with Crippen LogP contribution in [0.5, 0.6) is 0 Å². The van der Waals surface area contributed by atoms with Gasteiger partial charge in [0.2, 0.25) is 5.69 Å². The molecule has 0 saturated heterocycles. The summed E-state index contributed by atoms with van der Waals surface area (Å²) in [5.74, 6) is 0. The number of hydrogen-bond acceptors (Lipinski definition) is 0. The maximum atomic E-state index is 2.45. The van der Waals surface area contributed by atoms with Gasteiger partial charge in [0.1, 0.15) is 7.05 Å². The largest absolute Gasteiger partial charge is 0.309 e. The Morgan fingerprint density at radius 3 is 1.77 bits per heavy atom. The molecule has 0 atom stereocenters. The molecule has 43 heavy (non-hydrogen) atoms. The molecule has 0 N–H and O–H groups in total. The number of fused-ring (bicyclic) bond motifs is 7. The molecule has 0 bridgehead atoms. The van der Waals surface area contributed by atoms with Gasteiger partial charge in [-0.25, -0.2) is 4.57 Å². The van der Waals surface area contributed by atoms with E-state index in [1.165, 1.54) is 82.2 Å². The van der Waals surface area contributed by atoms with Crippen LogP contribution in [0.4, 0.5) is 0 Å². The smallest absolute Gasteiger partial charge is 0.220 e. The van der Waals surface area contributed by atoms with Crippen molar-refractivity contribution >= 4 is 54.1 Å². The zero-order valence-corrected chi connectivity index (χ0v) is 25.4. The monoisotopic (exact) mass is 555 g/mol. The van der Waals surface area contributed by atoms with Crippen LogP contribution in [-0.2, 0) is 12.5 Å². The Hall–Kier alpha value is -4.95. The van der Waals surface area contributed by atoms with Crippen LogP contribution in [0.15, 0.2) is 121 Å². The second-order valence-electron chi connectivity index (χ2n) is 12.9. The fraction of sp³-hybridized carbons (Fsp3) is 0.146. The van der Waals surface area contributed by atoms with Gasteiger partial charge < -0.3 is 4.57 Å². The first-order chi connectivity index (χ1) is 20.8. The number of para-hydroxylation sites is 2. The minimum Gasteiger partial charge on any atom is -0.309 e. The predicted molar refractivity (Wildman–Crippen MR) is 183 cm³/mol. The standard InChI is InChI=1S/C41H35N2/c1-26-27-13-6-7-14-30(27)36(41(2,3)4)25-35(26)40-34-22-21-33-28(29(34)23-24-42(40)5)17-12-20-39(33)43-37-18-10-8-15-31(37)32-16-9-11-19-38(32)43/h6-25H,1-5H3/q+1. The van der Waals surface area contributed by atoms with Crippen molar-refractivity contribution in [3.63, 3.8) is 0 Å². The topological polar surface area (TPSA) is 8.81 Å². The lowest BCUT2D eigenvalue weighted by atomic mass is 9.80. The Kier molecular flexibility index (Phi) is 5.55. The summed E-state index contributed by atoms with van der Waals surface area (Å²) in [5.41, 5.74) is 8.97. The maximum absolute atomic E-state index is 2.45. The molecule has 0 radical (unpaired) electrons. The van der Waals surface area contributed by atoms with Crippen molar-refractivity contribution in [3.8, 4) is 16.9 Å². The van der Waals surface area contributed by atoms with E-state index in [0.29, 0.717) is 0 Å². The van der Waals surface area contributed by atoms with Gasteiger partial charge in [-0.1, -0.05) is 99.6 Å². The first-order valence-corrected chi connectivity index (χ1v) is 15.2. The molecular formula is C41H35N2+. The summed E-state index contributed by atoms with van der Waals surface area (Å²) in [6, 6.07) is 42.6. The Labute approximate surface area is 252 Å². The molecule has 8 aromatic rings. The van der Waals surface area contributed by atoms with Crippen molar-refractivity contribution < 1.29 is 4.57 Å². The molecule has 0 fully saturated rings. The van der Waals surface area contributed by atoms with Crippen molar-refractivity contribution in [1.82, 2.24) is 4.57 Å². The van der Waals surface area contributed by atoms with Crippen LogP contribution >= 0.6 is 0 Å². The normalized spacial score (nSPS) is 12.3. The van der Waals surface area contributed by atoms with E-state index >= 15 is 0 Å². The second kappa shape index (κ2) is 9.28. The van der Waals surface area contributed by atoms with Gasteiger partial charge in [0.05, 0.1) is 27.7 Å². The molecule has 2 aromatic heterocycles. The molecule has 0 amide bonds. The Morgan fingerprint density at radius 2 is 1.09 bits per heavy atom. The number of rotatable bonds is 2. The summed E-state index contributed by atoms with van der Waals surface area (Å²) in [6.07, 6.45) is 2.23. The molecule has 0 aliphatic rings. The minimum absolute atomic E-state index is 0.0229. The summed E-state index contributed by atoms with van der Waals surface area (Å²) in [5, 5.41) is 10.3.